The molecule has 0 spiro atoms. The molecule has 0 unspecified atom stereocenters. The summed E-state index contributed by atoms with van der Waals surface area (Å²) in [5.74, 6) is -0.0470. The molecule has 0 aliphatic heterocycles. The van der Waals surface area contributed by atoms with Crippen LogP contribution in [0.4, 0.5) is 0 Å². The number of carbonyl (C=O) groups is 1. The molecule has 9 heteroatoms. The monoisotopic (exact) mass is 307 g/mol. The van der Waals surface area contributed by atoms with E-state index in [1.165, 1.54) is 0 Å². The van der Waals surface area contributed by atoms with Gasteiger partial charge in [-0.15, -0.1) is 0 Å². The molecule has 0 aromatic heterocycles. The first-order valence-corrected chi connectivity index (χ1v) is 6.80. The Balaban J connectivity index is 3.98. The number of amidine groups is 1. The van der Waals surface area contributed by atoms with Gasteiger partial charge in [-0.25, -0.2) is 0 Å². The molecule has 0 aromatic carbocycles. The zero-order valence-corrected chi connectivity index (χ0v) is 11.9. The minimum absolute atomic E-state index is 0.221. The first-order valence-electron chi connectivity index (χ1n) is 6.80. The number of nitrogens with one attached hydrogen (secondary N) is 2. The Morgan fingerprint density at radius 2 is 1.52 bits per heavy atom. The summed E-state index contributed by atoms with van der Waals surface area (Å²) >= 11 is 0. The number of hydroxylamine groups is 1. The average molecular weight is 307 g/mol. The minimum Gasteiger partial charge on any atom is -0.394 e. The fraction of sp³-hybridized carbons (Fsp3) is 0.833. The van der Waals surface area contributed by atoms with Crippen molar-refractivity contribution < 1.29 is 30.4 Å². The maximum atomic E-state index is 11.5. The number of amides is 1. The molecule has 9 nitrogen and oxygen atoms in total. The van der Waals surface area contributed by atoms with Crippen molar-refractivity contribution in [2.75, 3.05) is 26.4 Å². The molecular formula is C12H25N3O6. The number of aliphatic hydroxyl groups excluding tert-OH is 4. The quantitative estimate of drug-likeness (QED) is 0.0984. The van der Waals surface area contributed by atoms with Gasteiger partial charge in [0.2, 0.25) is 5.91 Å². The summed E-state index contributed by atoms with van der Waals surface area (Å²) < 4.78 is 0. The third kappa shape index (κ3) is 9.32. The van der Waals surface area contributed by atoms with Crippen molar-refractivity contribution in [2.24, 2.45) is 4.99 Å². The summed E-state index contributed by atoms with van der Waals surface area (Å²) in [7, 11) is 0. The zero-order chi connectivity index (χ0) is 16.1. The van der Waals surface area contributed by atoms with Gasteiger partial charge in [-0.05, 0) is 12.8 Å². The van der Waals surface area contributed by atoms with Gasteiger partial charge in [-0.1, -0.05) is 0 Å². The van der Waals surface area contributed by atoms with E-state index in [1.54, 1.807) is 0 Å². The van der Waals surface area contributed by atoms with Crippen LogP contribution >= 0.6 is 0 Å². The number of unbranched alkanes of at least 4 members (excludes halogenated alkanes) is 1. The van der Waals surface area contributed by atoms with Crippen LogP contribution in [0.15, 0.2) is 4.99 Å². The lowest BCUT2D eigenvalue weighted by molar-refractivity contribution is -0.122. The zero-order valence-electron chi connectivity index (χ0n) is 11.9. The summed E-state index contributed by atoms with van der Waals surface area (Å²) in [5, 5.41) is 46.7. The first kappa shape index (κ1) is 19.7. The Hall–Kier alpha value is -1.26. The molecule has 0 atom stereocenters. The molecule has 0 heterocycles. The SMILES string of the molecule is O=C(CCCCC(=NC(CO)CO)NO)NC(CO)CO. The normalized spacial score (nSPS) is 12.0. The van der Waals surface area contributed by atoms with Crippen LogP contribution < -0.4 is 10.8 Å². The number of hydrogen-bond donors (Lipinski definition) is 7. The molecular weight excluding hydrogens is 282 g/mol. The third-order valence-electron chi connectivity index (χ3n) is 2.76. The van der Waals surface area contributed by atoms with Crippen molar-refractivity contribution in [3.05, 3.63) is 0 Å². The molecule has 7 N–H and O–H groups in total. The van der Waals surface area contributed by atoms with E-state index < -0.39 is 12.1 Å². The summed E-state index contributed by atoms with van der Waals surface area (Å²) in [4.78, 5) is 15.4. The molecule has 0 rings (SSSR count). The highest BCUT2D eigenvalue weighted by atomic mass is 16.5. The van der Waals surface area contributed by atoms with E-state index in [-0.39, 0.29) is 44.6 Å². The van der Waals surface area contributed by atoms with E-state index in [2.05, 4.69) is 10.3 Å². The van der Waals surface area contributed by atoms with Crippen LogP contribution in [0.2, 0.25) is 0 Å². The molecule has 0 fully saturated rings. The first-order chi connectivity index (χ1) is 10.1. The van der Waals surface area contributed by atoms with E-state index in [4.69, 9.17) is 25.6 Å². The van der Waals surface area contributed by atoms with Gasteiger partial charge in [-0.2, -0.15) is 0 Å². The van der Waals surface area contributed by atoms with Gasteiger partial charge >= 0.3 is 0 Å². The van der Waals surface area contributed by atoms with Crippen molar-refractivity contribution in [3.63, 3.8) is 0 Å². The van der Waals surface area contributed by atoms with Crippen LogP contribution in [0.25, 0.3) is 0 Å². The standard InChI is InChI=1S/C12H25N3O6/c16-5-9(6-17)13-11(15-21)3-1-2-4-12(20)14-10(7-18)8-19/h9-10,16-19,21H,1-8H2,(H,13,15)(H,14,20). The fourth-order valence-corrected chi connectivity index (χ4v) is 1.54. The predicted octanol–water partition coefficient (Wildman–Crippen LogP) is -2.25. The van der Waals surface area contributed by atoms with Gasteiger partial charge in [0, 0.05) is 12.8 Å². The number of rotatable bonds is 11. The van der Waals surface area contributed by atoms with Crippen LogP contribution in [-0.4, -0.2) is 75.9 Å². The third-order valence-corrected chi connectivity index (χ3v) is 2.76. The van der Waals surface area contributed by atoms with E-state index in [9.17, 15) is 4.79 Å². The maximum absolute atomic E-state index is 11.5. The van der Waals surface area contributed by atoms with Crippen LogP contribution in [-0.2, 0) is 4.79 Å². The average Bonchev–Trinajstić information content (AvgIpc) is 2.52. The van der Waals surface area contributed by atoms with Crippen LogP contribution in [0.5, 0.6) is 0 Å². The van der Waals surface area contributed by atoms with Crippen LogP contribution in [0.1, 0.15) is 25.7 Å². The summed E-state index contributed by atoms with van der Waals surface area (Å²) in [6.07, 6.45) is 1.67. The molecule has 21 heavy (non-hydrogen) atoms. The van der Waals surface area contributed by atoms with E-state index >= 15 is 0 Å². The summed E-state index contributed by atoms with van der Waals surface area (Å²) in [6.45, 7) is -1.30. The molecule has 124 valence electrons. The maximum Gasteiger partial charge on any atom is 0.220 e. The van der Waals surface area contributed by atoms with Crippen LogP contribution in [0, 0.1) is 0 Å². The number of aliphatic hydroxyl groups is 4. The van der Waals surface area contributed by atoms with Gasteiger partial charge in [-0.3, -0.25) is 20.5 Å². The summed E-state index contributed by atoms with van der Waals surface area (Å²) in [5.41, 5.74) is 1.90. The molecule has 1 amide bonds. The van der Waals surface area contributed by atoms with Gasteiger partial charge in [0.1, 0.15) is 5.84 Å². The lowest BCUT2D eigenvalue weighted by Gasteiger charge is -2.13. The van der Waals surface area contributed by atoms with Crippen LogP contribution in [0.3, 0.4) is 0 Å². The predicted molar refractivity (Wildman–Crippen MR) is 74.9 cm³/mol. The van der Waals surface area contributed by atoms with E-state index in [1.807, 2.05) is 5.48 Å². The molecule has 0 radical (unpaired) electrons. The Morgan fingerprint density at radius 3 is 2.00 bits per heavy atom. The molecule has 0 aliphatic carbocycles. The Kier molecular flexibility index (Phi) is 11.7. The van der Waals surface area contributed by atoms with E-state index in [0.717, 1.165) is 0 Å². The number of aliphatic imine (C=N–C) groups is 1. The Labute approximate surface area is 123 Å². The van der Waals surface area contributed by atoms with Gasteiger partial charge < -0.3 is 25.7 Å². The Bertz CT molecular complexity index is 305. The molecule has 0 aliphatic rings. The van der Waals surface area contributed by atoms with E-state index in [0.29, 0.717) is 19.3 Å². The number of carbonyl (C=O) groups excluding carboxylic acids is 1. The van der Waals surface area contributed by atoms with Crippen molar-refractivity contribution in [2.45, 2.75) is 37.8 Å². The lowest BCUT2D eigenvalue weighted by atomic mass is 10.1. The van der Waals surface area contributed by atoms with Gasteiger partial charge in [0.05, 0.1) is 38.5 Å². The van der Waals surface area contributed by atoms with Gasteiger partial charge in [0.25, 0.3) is 0 Å². The van der Waals surface area contributed by atoms with Crippen molar-refractivity contribution in [1.82, 2.24) is 10.8 Å². The highest BCUT2D eigenvalue weighted by molar-refractivity contribution is 5.81. The van der Waals surface area contributed by atoms with Crippen molar-refractivity contribution in [1.29, 1.82) is 0 Å². The lowest BCUT2D eigenvalue weighted by Crippen LogP contribution is -2.39. The summed E-state index contributed by atoms with van der Waals surface area (Å²) in [6, 6.07) is -1.33. The minimum atomic E-state index is -0.683. The smallest absolute Gasteiger partial charge is 0.220 e. The fourth-order valence-electron chi connectivity index (χ4n) is 1.54. The van der Waals surface area contributed by atoms with Crippen molar-refractivity contribution >= 4 is 11.7 Å². The molecule has 0 aromatic rings. The van der Waals surface area contributed by atoms with Crippen molar-refractivity contribution in [3.8, 4) is 0 Å². The largest absolute Gasteiger partial charge is 0.394 e. The second kappa shape index (κ2) is 12.5. The van der Waals surface area contributed by atoms with Gasteiger partial charge in [0.15, 0.2) is 0 Å². The topological polar surface area (TPSA) is 155 Å². The highest BCUT2D eigenvalue weighted by Crippen LogP contribution is 2.02. The molecule has 0 saturated heterocycles. The molecule has 0 bridgehead atoms. The highest BCUT2D eigenvalue weighted by Gasteiger charge is 2.10. The number of hydrogen-bond acceptors (Lipinski definition) is 7. The second-order valence-electron chi connectivity index (χ2n) is 4.54. The molecule has 0 saturated carbocycles. The Morgan fingerprint density at radius 1 is 0.952 bits per heavy atom. The second-order valence-corrected chi connectivity index (χ2v) is 4.54. The number of nitrogens with zero attached hydrogens (tertiary/aromatic N) is 1.